The van der Waals surface area contributed by atoms with E-state index in [1.54, 1.807) is 30.3 Å². The maximum atomic E-state index is 12.9. The molecule has 0 saturated carbocycles. The summed E-state index contributed by atoms with van der Waals surface area (Å²) in [5.74, 6) is -0.939. The van der Waals surface area contributed by atoms with Crippen molar-refractivity contribution in [3.05, 3.63) is 71.0 Å². The smallest absolute Gasteiger partial charge is 0.335 e. The fourth-order valence-corrected chi connectivity index (χ4v) is 3.61. The second kappa shape index (κ2) is 9.46. The van der Waals surface area contributed by atoms with Crippen molar-refractivity contribution in [2.24, 2.45) is 0 Å². The Hall–Kier alpha value is -2.73. The number of halogens is 1. The van der Waals surface area contributed by atoms with Gasteiger partial charge in [0.25, 0.3) is 0 Å². The molecule has 1 aliphatic heterocycles. The molecule has 0 bridgehead atoms. The van der Waals surface area contributed by atoms with E-state index in [1.165, 1.54) is 12.1 Å². The first-order valence-corrected chi connectivity index (χ1v) is 9.58. The van der Waals surface area contributed by atoms with Crippen LogP contribution in [0.4, 0.5) is 4.39 Å². The Bertz CT molecular complexity index is 823. The minimum atomic E-state index is -0.910. The van der Waals surface area contributed by atoms with Crippen molar-refractivity contribution in [2.45, 2.75) is 31.7 Å². The minimum absolute atomic E-state index is 0.0284. The van der Waals surface area contributed by atoms with Crippen LogP contribution in [0.1, 0.15) is 46.7 Å². The van der Waals surface area contributed by atoms with Gasteiger partial charge in [0.15, 0.2) is 0 Å². The third-order valence-electron chi connectivity index (χ3n) is 5.17. The molecule has 0 radical (unpaired) electrons. The summed E-state index contributed by atoms with van der Waals surface area (Å²) in [7, 11) is 0. The molecule has 5 nitrogen and oxygen atoms in total. The predicted octanol–water partition coefficient (Wildman–Crippen LogP) is 3.41. The minimum Gasteiger partial charge on any atom is -0.478 e. The average molecular weight is 384 g/mol. The number of nitrogens with zero attached hydrogens (tertiary/aromatic N) is 1. The highest BCUT2D eigenvalue weighted by molar-refractivity contribution is 5.87. The molecule has 6 heteroatoms. The zero-order valence-electron chi connectivity index (χ0n) is 15.7. The fraction of sp³-hybridized carbons (Fsp3) is 0.364. The van der Waals surface area contributed by atoms with Gasteiger partial charge in [0.1, 0.15) is 5.82 Å². The van der Waals surface area contributed by atoms with E-state index in [0.29, 0.717) is 25.1 Å². The lowest BCUT2D eigenvalue weighted by Gasteiger charge is -2.33. The maximum absolute atomic E-state index is 12.9. The Morgan fingerprint density at radius 3 is 2.71 bits per heavy atom. The number of carboxylic acids is 1. The van der Waals surface area contributed by atoms with Crippen LogP contribution in [0.15, 0.2) is 48.5 Å². The van der Waals surface area contributed by atoms with Crippen LogP contribution in [0, 0.1) is 5.82 Å². The first-order valence-electron chi connectivity index (χ1n) is 9.58. The molecule has 1 saturated heterocycles. The molecule has 2 aromatic rings. The van der Waals surface area contributed by atoms with E-state index in [4.69, 9.17) is 0 Å². The SMILES string of the molecule is O=C(CCN1CCC[C@H](c2cccc(C(=O)O)c2)C1)NCc1ccc(F)cc1. The van der Waals surface area contributed by atoms with E-state index in [0.717, 1.165) is 37.1 Å². The number of hydrogen-bond acceptors (Lipinski definition) is 3. The van der Waals surface area contributed by atoms with E-state index in [2.05, 4.69) is 10.2 Å². The molecule has 1 fully saturated rings. The molecule has 1 amide bonds. The standard InChI is InChI=1S/C22H25FN2O3/c23-20-8-6-16(7-9-20)14-24-21(26)10-12-25-11-2-5-19(15-25)17-3-1-4-18(13-17)22(27)28/h1,3-4,6-9,13,19H,2,5,10-12,14-15H2,(H,24,26)(H,27,28)/t19-/m0/s1. The molecule has 2 N–H and O–H groups in total. The summed E-state index contributed by atoms with van der Waals surface area (Å²) in [6.45, 7) is 2.84. The van der Waals surface area contributed by atoms with E-state index in [-0.39, 0.29) is 17.6 Å². The Kier molecular flexibility index (Phi) is 6.76. The molecular formula is C22H25FN2O3. The zero-order valence-corrected chi connectivity index (χ0v) is 15.7. The lowest BCUT2D eigenvalue weighted by atomic mass is 9.89. The van der Waals surface area contributed by atoms with Crippen molar-refractivity contribution in [3.63, 3.8) is 0 Å². The van der Waals surface area contributed by atoms with Crippen LogP contribution < -0.4 is 5.32 Å². The van der Waals surface area contributed by atoms with Crippen LogP contribution in [0.3, 0.4) is 0 Å². The van der Waals surface area contributed by atoms with Gasteiger partial charge in [-0.15, -0.1) is 0 Å². The third-order valence-corrected chi connectivity index (χ3v) is 5.17. The van der Waals surface area contributed by atoms with E-state index < -0.39 is 5.97 Å². The molecule has 1 atom stereocenters. The third kappa shape index (κ3) is 5.63. The molecule has 28 heavy (non-hydrogen) atoms. The normalized spacial score (nSPS) is 17.2. The van der Waals surface area contributed by atoms with Crippen molar-refractivity contribution < 1.29 is 19.1 Å². The summed E-state index contributed by atoms with van der Waals surface area (Å²) in [5.41, 5.74) is 2.23. The summed E-state index contributed by atoms with van der Waals surface area (Å²) in [6.07, 6.45) is 2.46. The molecule has 0 spiro atoms. The van der Waals surface area contributed by atoms with Gasteiger partial charge in [0.2, 0.25) is 5.91 Å². The largest absolute Gasteiger partial charge is 0.478 e. The monoisotopic (exact) mass is 384 g/mol. The number of carbonyl (C=O) groups excluding carboxylic acids is 1. The molecule has 0 aliphatic carbocycles. The highest BCUT2D eigenvalue weighted by Gasteiger charge is 2.22. The Balaban J connectivity index is 1.47. The molecule has 0 unspecified atom stereocenters. The summed E-state index contributed by atoms with van der Waals surface area (Å²) in [4.78, 5) is 25.6. The van der Waals surface area contributed by atoms with E-state index in [9.17, 15) is 19.1 Å². The summed E-state index contributed by atoms with van der Waals surface area (Å²) in [6, 6.07) is 13.2. The number of rotatable bonds is 7. The van der Waals surface area contributed by atoms with E-state index >= 15 is 0 Å². The molecule has 148 valence electrons. The fourth-order valence-electron chi connectivity index (χ4n) is 3.61. The number of amides is 1. The molecule has 3 rings (SSSR count). The molecule has 1 aliphatic rings. The van der Waals surface area contributed by atoms with Gasteiger partial charge in [0.05, 0.1) is 5.56 Å². The quantitative estimate of drug-likeness (QED) is 0.768. The zero-order chi connectivity index (χ0) is 19.9. The van der Waals surface area contributed by atoms with Gasteiger partial charge in [0, 0.05) is 26.1 Å². The topological polar surface area (TPSA) is 69.6 Å². The van der Waals surface area contributed by atoms with Crippen molar-refractivity contribution in [2.75, 3.05) is 19.6 Å². The first kappa shape index (κ1) is 20.0. The van der Waals surface area contributed by atoms with Gasteiger partial charge < -0.3 is 15.3 Å². The Labute approximate surface area is 164 Å². The van der Waals surface area contributed by atoms with Crippen molar-refractivity contribution in [1.29, 1.82) is 0 Å². The number of benzene rings is 2. The van der Waals surface area contributed by atoms with Crippen molar-refractivity contribution in [3.8, 4) is 0 Å². The average Bonchev–Trinajstić information content (AvgIpc) is 2.72. The molecule has 0 aromatic heterocycles. The summed E-state index contributed by atoms with van der Waals surface area (Å²) >= 11 is 0. The lowest BCUT2D eigenvalue weighted by Crippen LogP contribution is -2.37. The number of carboxylic acid groups (broad SMARTS) is 1. The van der Waals surface area contributed by atoms with E-state index in [1.807, 2.05) is 6.07 Å². The second-order valence-corrected chi connectivity index (χ2v) is 7.22. The highest BCUT2D eigenvalue weighted by Crippen LogP contribution is 2.27. The van der Waals surface area contributed by atoms with Gasteiger partial charge in [-0.25, -0.2) is 9.18 Å². The van der Waals surface area contributed by atoms with Gasteiger partial charge in [-0.05, 0) is 60.7 Å². The summed E-state index contributed by atoms with van der Waals surface area (Å²) in [5, 5.41) is 12.0. The van der Waals surface area contributed by atoms with Crippen LogP contribution in [-0.2, 0) is 11.3 Å². The van der Waals surface area contributed by atoms with Gasteiger partial charge in [-0.3, -0.25) is 4.79 Å². The first-order chi connectivity index (χ1) is 13.5. The number of hydrogen-bond donors (Lipinski definition) is 2. The second-order valence-electron chi connectivity index (χ2n) is 7.22. The van der Waals surface area contributed by atoms with Crippen molar-refractivity contribution >= 4 is 11.9 Å². The number of likely N-dealkylation sites (tertiary alicyclic amines) is 1. The summed E-state index contributed by atoms with van der Waals surface area (Å²) < 4.78 is 12.9. The maximum Gasteiger partial charge on any atom is 0.335 e. The van der Waals surface area contributed by atoms with Crippen LogP contribution in [0.25, 0.3) is 0 Å². The van der Waals surface area contributed by atoms with Gasteiger partial charge >= 0.3 is 5.97 Å². The molecule has 2 aromatic carbocycles. The lowest BCUT2D eigenvalue weighted by molar-refractivity contribution is -0.121. The van der Waals surface area contributed by atoms with Crippen LogP contribution >= 0.6 is 0 Å². The number of aromatic carboxylic acids is 1. The van der Waals surface area contributed by atoms with Gasteiger partial charge in [-0.1, -0.05) is 24.3 Å². The molecule has 1 heterocycles. The molecular weight excluding hydrogens is 359 g/mol. The Morgan fingerprint density at radius 2 is 1.96 bits per heavy atom. The number of nitrogens with one attached hydrogen (secondary N) is 1. The predicted molar refractivity (Wildman–Crippen MR) is 105 cm³/mol. The highest BCUT2D eigenvalue weighted by atomic mass is 19.1. The van der Waals surface area contributed by atoms with Crippen LogP contribution in [-0.4, -0.2) is 41.5 Å². The number of piperidine rings is 1. The van der Waals surface area contributed by atoms with Crippen LogP contribution in [0.5, 0.6) is 0 Å². The Morgan fingerprint density at radius 1 is 1.18 bits per heavy atom. The number of carbonyl (C=O) groups is 2. The van der Waals surface area contributed by atoms with Gasteiger partial charge in [-0.2, -0.15) is 0 Å². The van der Waals surface area contributed by atoms with Crippen LogP contribution in [0.2, 0.25) is 0 Å². The van der Waals surface area contributed by atoms with Crippen molar-refractivity contribution in [1.82, 2.24) is 10.2 Å².